The average Bonchev–Trinajstić information content (AvgIpc) is 3.06. The fourth-order valence-electron chi connectivity index (χ4n) is 2.20. The van der Waals surface area contributed by atoms with E-state index >= 15 is 0 Å². The summed E-state index contributed by atoms with van der Waals surface area (Å²) in [5.74, 6) is 1.64. The molecule has 0 saturated carbocycles. The van der Waals surface area contributed by atoms with Crippen molar-refractivity contribution >= 4 is 0 Å². The Morgan fingerprint density at radius 3 is 2.71 bits per heavy atom. The van der Waals surface area contributed by atoms with Gasteiger partial charge in [-0.25, -0.2) is 0 Å². The molecule has 2 heterocycles. The summed E-state index contributed by atoms with van der Waals surface area (Å²) in [5, 5.41) is 8.05. The molecule has 3 aromatic rings. The Bertz CT molecular complexity index is 837. The van der Waals surface area contributed by atoms with Crippen LogP contribution in [0.1, 0.15) is 25.7 Å². The summed E-state index contributed by atoms with van der Waals surface area (Å²) in [6.07, 6.45) is 3.83. The molecule has 0 N–H and O–H groups in total. The number of hydrogen-bond acceptors (Lipinski definition) is 5. The van der Waals surface area contributed by atoms with Gasteiger partial charge in [-0.1, -0.05) is 19.4 Å². The van der Waals surface area contributed by atoms with E-state index in [2.05, 4.69) is 17.1 Å². The lowest BCUT2D eigenvalue weighted by Crippen LogP contribution is -2.18. The number of ether oxygens (including phenoxy) is 1. The van der Waals surface area contributed by atoms with Gasteiger partial charge in [-0.15, -0.1) is 10.2 Å². The van der Waals surface area contributed by atoms with E-state index in [9.17, 15) is 4.79 Å². The number of rotatable bonds is 7. The predicted molar refractivity (Wildman–Crippen MR) is 89.9 cm³/mol. The first-order valence-corrected chi connectivity index (χ1v) is 7.97. The Labute approximate surface area is 139 Å². The van der Waals surface area contributed by atoms with Gasteiger partial charge in [0.2, 0.25) is 11.8 Å². The first-order valence-electron chi connectivity index (χ1n) is 7.97. The molecule has 0 saturated heterocycles. The lowest BCUT2D eigenvalue weighted by atomic mass is 10.2. The summed E-state index contributed by atoms with van der Waals surface area (Å²) in [6, 6.07) is 12.5. The maximum absolute atomic E-state index is 11.7. The minimum Gasteiger partial charge on any atom is -0.494 e. The topological polar surface area (TPSA) is 70.2 Å². The highest BCUT2D eigenvalue weighted by Crippen LogP contribution is 2.21. The van der Waals surface area contributed by atoms with Crippen molar-refractivity contribution in [1.82, 2.24) is 14.8 Å². The van der Waals surface area contributed by atoms with Crippen LogP contribution in [0, 0.1) is 0 Å². The second kappa shape index (κ2) is 7.59. The number of hydrogen-bond donors (Lipinski definition) is 0. The lowest BCUT2D eigenvalue weighted by molar-refractivity contribution is 0.309. The highest BCUT2D eigenvalue weighted by molar-refractivity contribution is 5.53. The van der Waals surface area contributed by atoms with E-state index in [1.807, 2.05) is 24.3 Å². The van der Waals surface area contributed by atoms with Gasteiger partial charge in [0.1, 0.15) is 12.3 Å². The van der Waals surface area contributed by atoms with Crippen LogP contribution < -0.4 is 10.3 Å². The minimum atomic E-state index is -0.106. The van der Waals surface area contributed by atoms with Crippen LogP contribution in [0.3, 0.4) is 0 Å². The van der Waals surface area contributed by atoms with Gasteiger partial charge in [-0.2, -0.15) is 0 Å². The molecule has 3 rings (SSSR count). The number of aromatic nitrogens is 3. The van der Waals surface area contributed by atoms with E-state index in [4.69, 9.17) is 9.15 Å². The van der Waals surface area contributed by atoms with Crippen LogP contribution in [0.5, 0.6) is 5.75 Å². The summed E-state index contributed by atoms with van der Waals surface area (Å²) in [7, 11) is 0. The van der Waals surface area contributed by atoms with Crippen LogP contribution in [0.2, 0.25) is 0 Å². The molecule has 6 nitrogen and oxygen atoms in total. The van der Waals surface area contributed by atoms with E-state index in [1.54, 1.807) is 18.3 Å². The van der Waals surface area contributed by atoms with Crippen LogP contribution in [0.25, 0.3) is 11.5 Å². The summed E-state index contributed by atoms with van der Waals surface area (Å²) in [4.78, 5) is 11.7. The lowest BCUT2D eigenvalue weighted by Gasteiger charge is -2.05. The van der Waals surface area contributed by atoms with Crippen LogP contribution >= 0.6 is 0 Å². The number of unbranched alkanes of at least 4 members (excludes halogenated alkanes) is 1. The summed E-state index contributed by atoms with van der Waals surface area (Å²) in [5.41, 5.74) is 0.711. The van der Waals surface area contributed by atoms with Gasteiger partial charge in [0.25, 0.3) is 5.56 Å². The average molecular weight is 325 g/mol. The zero-order valence-electron chi connectivity index (χ0n) is 13.5. The van der Waals surface area contributed by atoms with Crippen LogP contribution in [-0.2, 0) is 6.54 Å². The van der Waals surface area contributed by atoms with Gasteiger partial charge in [-0.3, -0.25) is 4.79 Å². The number of pyridine rings is 1. The molecular weight excluding hydrogens is 306 g/mol. The molecule has 124 valence electrons. The Kier molecular flexibility index (Phi) is 5.05. The highest BCUT2D eigenvalue weighted by atomic mass is 16.5. The molecule has 0 fully saturated rings. The van der Waals surface area contributed by atoms with Crippen molar-refractivity contribution in [2.24, 2.45) is 0 Å². The fraction of sp³-hybridized carbons (Fsp3) is 0.278. The molecule has 2 aromatic heterocycles. The standard InChI is InChI=1S/C18H19N3O3/c1-2-3-12-23-15-9-7-14(8-10-15)18-20-19-16(24-18)13-21-11-5-4-6-17(21)22/h4-11H,2-3,12-13H2,1H3. The Balaban J connectivity index is 1.69. The smallest absolute Gasteiger partial charge is 0.250 e. The highest BCUT2D eigenvalue weighted by Gasteiger charge is 2.09. The minimum absolute atomic E-state index is 0.106. The van der Waals surface area contributed by atoms with Crippen molar-refractivity contribution in [3.63, 3.8) is 0 Å². The van der Waals surface area contributed by atoms with Crippen LogP contribution in [0.4, 0.5) is 0 Å². The summed E-state index contributed by atoms with van der Waals surface area (Å²) in [6.45, 7) is 3.10. The maximum atomic E-state index is 11.7. The second-order valence-electron chi connectivity index (χ2n) is 5.39. The van der Waals surface area contributed by atoms with Crippen LogP contribution in [0.15, 0.2) is 57.9 Å². The van der Waals surface area contributed by atoms with Gasteiger partial charge >= 0.3 is 0 Å². The third-order valence-electron chi connectivity index (χ3n) is 3.54. The first kappa shape index (κ1) is 16.0. The Morgan fingerprint density at radius 1 is 1.12 bits per heavy atom. The monoisotopic (exact) mass is 325 g/mol. The van der Waals surface area contributed by atoms with Gasteiger partial charge in [0.15, 0.2) is 0 Å². The van der Waals surface area contributed by atoms with E-state index in [0.717, 1.165) is 24.2 Å². The maximum Gasteiger partial charge on any atom is 0.250 e. The third kappa shape index (κ3) is 3.90. The van der Waals surface area contributed by atoms with Gasteiger partial charge in [0.05, 0.1) is 6.61 Å². The number of benzene rings is 1. The second-order valence-corrected chi connectivity index (χ2v) is 5.39. The Hall–Kier alpha value is -2.89. The van der Waals surface area contributed by atoms with Gasteiger partial charge < -0.3 is 13.7 Å². The van der Waals surface area contributed by atoms with Crippen molar-refractivity contribution in [3.05, 3.63) is 64.9 Å². The molecule has 0 spiro atoms. The van der Waals surface area contributed by atoms with Crippen molar-refractivity contribution in [2.45, 2.75) is 26.3 Å². The van der Waals surface area contributed by atoms with Gasteiger partial charge in [0, 0.05) is 17.8 Å². The molecule has 24 heavy (non-hydrogen) atoms. The van der Waals surface area contributed by atoms with E-state index < -0.39 is 0 Å². The number of nitrogens with zero attached hydrogens (tertiary/aromatic N) is 3. The molecule has 0 unspecified atom stereocenters. The fourth-order valence-corrected chi connectivity index (χ4v) is 2.20. The third-order valence-corrected chi connectivity index (χ3v) is 3.54. The SMILES string of the molecule is CCCCOc1ccc(-c2nnc(Cn3ccccc3=O)o2)cc1. The molecule has 0 atom stereocenters. The van der Waals surface area contributed by atoms with Crippen molar-refractivity contribution in [2.75, 3.05) is 6.61 Å². The molecule has 0 aliphatic carbocycles. The molecule has 6 heteroatoms. The molecule has 0 radical (unpaired) electrons. The molecule has 1 aromatic carbocycles. The molecule has 0 bridgehead atoms. The van der Waals surface area contributed by atoms with Crippen molar-refractivity contribution in [1.29, 1.82) is 0 Å². The predicted octanol–water partition coefficient (Wildman–Crippen LogP) is 3.13. The van der Waals surface area contributed by atoms with Crippen LogP contribution in [-0.4, -0.2) is 21.4 Å². The van der Waals surface area contributed by atoms with E-state index in [0.29, 0.717) is 18.4 Å². The first-order chi connectivity index (χ1) is 11.8. The van der Waals surface area contributed by atoms with Crippen molar-refractivity contribution < 1.29 is 9.15 Å². The van der Waals surface area contributed by atoms with Gasteiger partial charge in [-0.05, 0) is 36.8 Å². The summed E-state index contributed by atoms with van der Waals surface area (Å²) >= 11 is 0. The Morgan fingerprint density at radius 2 is 1.96 bits per heavy atom. The van der Waals surface area contributed by atoms with E-state index in [-0.39, 0.29) is 12.1 Å². The molecule has 0 amide bonds. The largest absolute Gasteiger partial charge is 0.494 e. The zero-order valence-corrected chi connectivity index (χ0v) is 13.5. The van der Waals surface area contributed by atoms with E-state index in [1.165, 1.54) is 10.6 Å². The van der Waals surface area contributed by atoms with Crippen molar-refractivity contribution in [3.8, 4) is 17.2 Å². The summed E-state index contributed by atoms with van der Waals surface area (Å²) < 4.78 is 12.8. The molecular formula is C18H19N3O3. The molecule has 0 aliphatic heterocycles. The molecule has 0 aliphatic rings. The normalized spacial score (nSPS) is 10.7. The zero-order chi connectivity index (χ0) is 16.8. The quantitative estimate of drug-likeness (QED) is 0.624.